The lowest BCUT2D eigenvalue weighted by Crippen LogP contribution is -2.41. The summed E-state index contributed by atoms with van der Waals surface area (Å²) < 4.78 is 0. The number of fused-ring (bicyclic) bond motifs is 1. The Morgan fingerprint density at radius 1 is 1.33 bits per heavy atom. The van der Waals surface area contributed by atoms with E-state index in [1.54, 1.807) is 4.90 Å². The molecule has 3 N–H and O–H groups in total. The molecule has 2 amide bonds. The number of nitrogens with zero attached hydrogens (tertiary/aromatic N) is 1. The van der Waals surface area contributed by atoms with E-state index in [1.165, 1.54) is 11.1 Å². The van der Waals surface area contributed by atoms with Gasteiger partial charge >= 0.3 is 0 Å². The summed E-state index contributed by atoms with van der Waals surface area (Å²) in [7, 11) is 0. The highest BCUT2D eigenvalue weighted by Crippen LogP contribution is 2.32. The van der Waals surface area contributed by atoms with E-state index in [1.807, 2.05) is 6.07 Å². The Bertz CT molecular complexity index is 561. The highest BCUT2D eigenvalue weighted by molar-refractivity contribution is 5.98. The molecule has 1 heterocycles. The minimum absolute atomic E-state index is 0.00348. The third-order valence-corrected chi connectivity index (χ3v) is 3.76. The Morgan fingerprint density at radius 2 is 2.05 bits per heavy atom. The molecule has 21 heavy (non-hydrogen) atoms. The molecule has 5 nitrogen and oxygen atoms in total. The van der Waals surface area contributed by atoms with Crippen molar-refractivity contribution in [3.8, 4) is 0 Å². The third kappa shape index (κ3) is 3.42. The standard InChI is InChI=1S/C16H23N3O2/c1-16(2,3)12-4-5-13-11(8-12)6-7-19(13)15(21)10-18-14(20)9-17/h4-5,8H,6-7,9-10,17H2,1-3H3,(H,18,20). The van der Waals surface area contributed by atoms with Crippen molar-refractivity contribution in [3.05, 3.63) is 29.3 Å². The zero-order valence-electron chi connectivity index (χ0n) is 12.9. The van der Waals surface area contributed by atoms with Crippen LogP contribution in [0.5, 0.6) is 0 Å². The molecule has 0 spiro atoms. The van der Waals surface area contributed by atoms with Gasteiger partial charge in [-0.25, -0.2) is 0 Å². The summed E-state index contributed by atoms with van der Waals surface area (Å²) in [5, 5.41) is 2.52. The normalized spacial score (nSPS) is 14.0. The zero-order valence-corrected chi connectivity index (χ0v) is 12.9. The summed E-state index contributed by atoms with van der Waals surface area (Å²) in [4.78, 5) is 25.0. The Balaban J connectivity index is 2.12. The lowest BCUT2D eigenvalue weighted by molar-refractivity contribution is -0.124. The third-order valence-electron chi connectivity index (χ3n) is 3.76. The fourth-order valence-corrected chi connectivity index (χ4v) is 2.47. The molecule has 1 aliphatic heterocycles. The van der Waals surface area contributed by atoms with E-state index in [9.17, 15) is 9.59 Å². The van der Waals surface area contributed by atoms with Gasteiger partial charge in [0.05, 0.1) is 13.1 Å². The molecule has 0 bridgehead atoms. The number of carbonyl (C=O) groups is 2. The van der Waals surface area contributed by atoms with Crippen LogP contribution in [0.1, 0.15) is 31.9 Å². The second kappa shape index (κ2) is 5.85. The van der Waals surface area contributed by atoms with Gasteiger partial charge in [0.25, 0.3) is 0 Å². The SMILES string of the molecule is CC(C)(C)c1ccc2c(c1)CCN2C(=O)CNC(=O)CN. The first-order valence-electron chi connectivity index (χ1n) is 7.23. The van der Waals surface area contributed by atoms with Crippen molar-refractivity contribution in [2.24, 2.45) is 5.73 Å². The number of hydrogen-bond acceptors (Lipinski definition) is 3. The highest BCUT2D eigenvalue weighted by atomic mass is 16.2. The van der Waals surface area contributed by atoms with Crippen molar-refractivity contribution >= 4 is 17.5 Å². The van der Waals surface area contributed by atoms with Crippen molar-refractivity contribution in [2.45, 2.75) is 32.6 Å². The van der Waals surface area contributed by atoms with E-state index in [-0.39, 0.29) is 30.3 Å². The fraction of sp³-hybridized carbons (Fsp3) is 0.500. The average Bonchev–Trinajstić information content (AvgIpc) is 2.86. The Labute approximate surface area is 125 Å². The molecule has 0 unspecified atom stereocenters. The van der Waals surface area contributed by atoms with Crippen LogP contribution >= 0.6 is 0 Å². The molecule has 1 aliphatic rings. The average molecular weight is 289 g/mol. The first-order valence-corrected chi connectivity index (χ1v) is 7.23. The zero-order chi connectivity index (χ0) is 15.6. The monoisotopic (exact) mass is 289 g/mol. The van der Waals surface area contributed by atoms with Crippen molar-refractivity contribution in [1.29, 1.82) is 0 Å². The first kappa shape index (κ1) is 15.5. The predicted molar refractivity (Wildman–Crippen MR) is 83.3 cm³/mol. The van der Waals surface area contributed by atoms with Crippen LogP contribution in [0.25, 0.3) is 0 Å². The molecule has 0 radical (unpaired) electrons. The Morgan fingerprint density at radius 3 is 2.67 bits per heavy atom. The van der Waals surface area contributed by atoms with Gasteiger partial charge in [-0.1, -0.05) is 32.9 Å². The summed E-state index contributed by atoms with van der Waals surface area (Å²) in [6, 6.07) is 6.26. The fourth-order valence-electron chi connectivity index (χ4n) is 2.47. The molecule has 1 aromatic rings. The molecule has 0 atom stereocenters. The van der Waals surface area contributed by atoms with Crippen molar-refractivity contribution in [1.82, 2.24) is 5.32 Å². The molecule has 2 rings (SSSR count). The minimum atomic E-state index is -0.314. The maximum absolute atomic E-state index is 12.2. The van der Waals surface area contributed by atoms with Gasteiger partial charge in [0, 0.05) is 12.2 Å². The molecule has 1 aromatic carbocycles. The smallest absolute Gasteiger partial charge is 0.246 e. The predicted octanol–water partition coefficient (Wildman–Crippen LogP) is 0.948. The number of anilines is 1. The Hall–Kier alpha value is -1.88. The second-order valence-electron chi connectivity index (χ2n) is 6.37. The van der Waals surface area contributed by atoms with Crippen molar-refractivity contribution < 1.29 is 9.59 Å². The van der Waals surface area contributed by atoms with Gasteiger partial charge in [0.1, 0.15) is 0 Å². The van der Waals surface area contributed by atoms with Gasteiger partial charge in [-0.2, -0.15) is 0 Å². The van der Waals surface area contributed by atoms with Crippen LogP contribution in [0, 0.1) is 0 Å². The summed E-state index contributed by atoms with van der Waals surface area (Å²) in [6.07, 6.45) is 0.857. The lowest BCUT2D eigenvalue weighted by Gasteiger charge is -2.21. The van der Waals surface area contributed by atoms with Crippen molar-refractivity contribution in [2.75, 3.05) is 24.5 Å². The van der Waals surface area contributed by atoms with E-state index in [0.29, 0.717) is 6.54 Å². The molecular weight excluding hydrogens is 266 g/mol. The van der Waals surface area contributed by atoms with Crippen LogP contribution in [-0.2, 0) is 21.4 Å². The van der Waals surface area contributed by atoms with E-state index in [4.69, 9.17) is 5.73 Å². The van der Waals surface area contributed by atoms with Gasteiger partial charge in [0.2, 0.25) is 11.8 Å². The first-order chi connectivity index (χ1) is 9.82. The quantitative estimate of drug-likeness (QED) is 0.870. The van der Waals surface area contributed by atoms with Gasteiger partial charge in [-0.05, 0) is 29.0 Å². The van der Waals surface area contributed by atoms with E-state index in [2.05, 4.69) is 38.2 Å². The van der Waals surface area contributed by atoms with Crippen LogP contribution in [0.4, 0.5) is 5.69 Å². The van der Waals surface area contributed by atoms with Crippen LogP contribution in [0.2, 0.25) is 0 Å². The van der Waals surface area contributed by atoms with Crippen LogP contribution in [0.15, 0.2) is 18.2 Å². The van der Waals surface area contributed by atoms with E-state index < -0.39 is 0 Å². The number of amides is 2. The molecule has 5 heteroatoms. The molecule has 114 valence electrons. The number of benzene rings is 1. The highest BCUT2D eigenvalue weighted by Gasteiger charge is 2.26. The van der Waals surface area contributed by atoms with Gasteiger partial charge in [-0.15, -0.1) is 0 Å². The molecule has 0 aliphatic carbocycles. The van der Waals surface area contributed by atoms with Gasteiger partial charge < -0.3 is 16.0 Å². The van der Waals surface area contributed by atoms with Gasteiger partial charge in [0.15, 0.2) is 0 Å². The molecule has 0 saturated carbocycles. The second-order valence-corrected chi connectivity index (χ2v) is 6.37. The number of hydrogen-bond donors (Lipinski definition) is 2. The van der Waals surface area contributed by atoms with Gasteiger partial charge in [-0.3, -0.25) is 9.59 Å². The van der Waals surface area contributed by atoms with Crippen LogP contribution in [0.3, 0.4) is 0 Å². The maximum atomic E-state index is 12.2. The topological polar surface area (TPSA) is 75.4 Å². The summed E-state index contributed by atoms with van der Waals surface area (Å²) in [5.41, 5.74) is 8.73. The number of nitrogens with one attached hydrogen (secondary N) is 1. The minimum Gasteiger partial charge on any atom is -0.346 e. The van der Waals surface area contributed by atoms with Crippen LogP contribution < -0.4 is 16.0 Å². The molecule has 0 fully saturated rings. The summed E-state index contributed by atoms with van der Waals surface area (Å²) in [5.74, 6) is -0.412. The Kier molecular flexibility index (Phi) is 4.32. The number of carbonyl (C=O) groups excluding carboxylic acids is 2. The summed E-state index contributed by atoms with van der Waals surface area (Å²) >= 11 is 0. The van der Waals surface area contributed by atoms with E-state index in [0.717, 1.165) is 12.1 Å². The lowest BCUT2D eigenvalue weighted by atomic mass is 9.86. The number of nitrogens with two attached hydrogens (primary N) is 1. The van der Waals surface area contributed by atoms with E-state index >= 15 is 0 Å². The molecular formula is C16H23N3O2. The number of rotatable bonds is 3. The van der Waals surface area contributed by atoms with Crippen molar-refractivity contribution in [3.63, 3.8) is 0 Å². The summed E-state index contributed by atoms with van der Waals surface area (Å²) in [6.45, 7) is 7.09. The maximum Gasteiger partial charge on any atom is 0.246 e. The van der Waals surface area contributed by atoms with Crippen LogP contribution in [-0.4, -0.2) is 31.4 Å². The molecule has 0 saturated heterocycles. The largest absolute Gasteiger partial charge is 0.346 e. The molecule has 0 aromatic heterocycles.